The summed E-state index contributed by atoms with van der Waals surface area (Å²) in [4.78, 5) is 27.4. The molecule has 2 heterocycles. The normalized spacial score (nSPS) is 14.9. The molecule has 1 aromatic heterocycles. The van der Waals surface area contributed by atoms with Crippen molar-refractivity contribution in [2.45, 2.75) is 6.61 Å². The van der Waals surface area contributed by atoms with E-state index in [4.69, 9.17) is 4.74 Å². The monoisotopic (exact) mass is 314 g/mol. The number of hydrogen-bond acceptors (Lipinski definition) is 4. The van der Waals surface area contributed by atoms with Gasteiger partial charge in [0, 0.05) is 26.3 Å². The number of anilines is 1. The fourth-order valence-corrected chi connectivity index (χ4v) is 2.46. The van der Waals surface area contributed by atoms with Gasteiger partial charge in [0.25, 0.3) is 0 Å². The van der Waals surface area contributed by atoms with Gasteiger partial charge in [-0.2, -0.15) is 5.10 Å². The minimum absolute atomic E-state index is 0.0164. The van der Waals surface area contributed by atoms with Gasteiger partial charge in [0.15, 0.2) is 0 Å². The molecule has 0 saturated carbocycles. The summed E-state index contributed by atoms with van der Waals surface area (Å²) >= 11 is 0. The maximum Gasteiger partial charge on any atom is 0.410 e. The van der Waals surface area contributed by atoms with E-state index in [2.05, 4.69) is 5.10 Å². The fraction of sp³-hybridized carbons (Fsp3) is 0.312. The molecule has 0 aliphatic carbocycles. The summed E-state index contributed by atoms with van der Waals surface area (Å²) in [6.45, 7) is 1.10. The summed E-state index contributed by atoms with van der Waals surface area (Å²) in [7, 11) is 1.80. The Morgan fingerprint density at radius 1 is 1.26 bits per heavy atom. The number of carbonyl (C=O) groups is 2. The van der Waals surface area contributed by atoms with E-state index in [1.54, 1.807) is 29.0 Å². The van der Waals surface area contributed by atoms with Crippen LogP contribution in [-0.4, -0.2) is 46.3 Å². The number of benzene rings is 1. The van der Waals surface area contributed by atoms with Crippen LogP contribution in [0.15, 0.2) is 42.7 Å². The third kappa shape index (κ3) is 3.50. The lowest BCUT2D eigenvalue weighted by atomic mass is 10.2. The van der Waals surface area contributed by atoms with Crippen LogP contribution in [0.4, 0.5) is 10.5 Å². The van der Waals surface area contributed by atoms with E-state index in [9.17, 15) is 9.59 Å². The lowest BCUT2D eigenvalue weighted by Crippen LogP contribution is -2.52. The number of carbonyl (C=O) groups excluding carboxylic acids is 2. The van der Waals surface area contributed by atoms with E-state index in [0.29, 0.717) is 13.1 Å². The summed E-state index contributed by atoms with van der Waals surface area (Å²) in [5, 5.41) is 4.06. The van der Waals surface area contributed by atoms with E-state index in [-0.39, 0.29) is 19.1 Å². The Balaban J connectivity index is 1.55. The highest BCUT2D eigenvalue weighted by Gasteiger charge is 2.29. The van der Waals surface area contributed by atoms with Crippen LogP contribution in [0.1, 0.15) is 5.56 Å². The number of ether oxygens (including phenoxy) is 1. The standard InChI is InChI=1S/C16H18N4O3/c1-18-10-14(9-17-18)20-8-7-19(11-15(20)21)16(22)23-12-13-5-3-2-4-6-13/h2-6,9-10H,7-8,11-12H2,1H3. The van der Waals surface area contributed by atoms with Crippen LogP contribution >= 0.6 is 0 Å². The largest absolute Gasteiger partial charge is 0.445 e. The Hall–Kier alpha value is -2.83. The molecule has 2 aromatic rings. The maximum absolute atomic E-state index is 12.2. The molecule has 0 unspecified atom stereocenters. The molecular formula is C16H18N4O3. The molecule has 120 valence electrons. The molecule has 2 amide bonds. The zero-order chi connectivity index (χ0) is 16.2. The van der Waals surface area contributed by atoms with Gasteiger partial charge in [-0.25, -0.2) is 4.79 Å². The van der Waals surface area contributed by atoms with Gasteiger partial charge in [-0.05, 0) is 5.56 Å². The van der Waals surface area contributed by atoms with E-state index >= 15 is 0 Å². The molecular weight excluding hydrogens is 296 g/mol. The van der Waals surface area contributed by atoms with Crippen LogP contribution in [0.3, 0.4) is 0 Å². The number of aryl methyl sites for hydroxylation is 1. The van der Waals surface area contributed by atoms with Gasteiger partial charge in [-0.15, -0.1) is 0 Å². The number of amides is 2. The van der Waals surface area contributed by atoms with Gasteiger partial charge in [-0.1, -0.05) is 30.3 Å². The van der Waals surface area contributed by atoms with Crippen molar-refractivity contribution in [2.24, 2.45) is 7.05 Å². The third-order valence-electron chi connectivity index (χ3n) is 3.69. The number of piperazine rings is 1. The Bertz CT molecular complexity index is 698. The van der Waals surface area contributed by atoms with Crippen LogP contribution in [0.2, 0.25) is 0 Å². The van der Waals surface area contributed by atoms with Crippen molar-refractivity contribution in [3.63, 3.8) is 0 Å². The molecule has 1 aliphatic rings. The molecule has 0 radical (unpaired) electrons. The lowest BCUT2D eigenvalue weighted by molar-refractivity contribution is -0.120. The molecule has 0 N–H and O–H groups in total. The highest BCUT2D eigenvalue weighted by atomic mass is 16.6. The summed E-state index contributed by atoms with van der Waals surface area (Å²) in [5.74, 6) is -0.138. The van der Waals surface area contributed by atoms with E-state index < -0.39 is 6.09 Å². The molecule has 0 spiro atoms. The van der Waals surface area contributed by atoms with Crippen LogP contribution in [-0.2, 0) is 23.2 Å². The molecule has 23 heavy (non-hydrogen) atoms. The first-order valence-corrected chi connectivity index (χ1v) is 7.38. The van der Waals surface area contributed by atoms with Gasteiger partial charge in [-0.3, -0.25) is 14.4 Å². The first-order chi connectivity index (χ1) is 11.1. The summed E-state index contributed by atoms with van der Waals surface area (Å²) in [6.07, 6.45) is 2.95. The van der Waals surface area contributed by atoms with E-state index in [1.165, 1.54) is 4.90 Å². The molecule has 3 rings (SSSR count). The summed E-state index contributed by atoms with van der Waals surface area (Å²) < 4.78 is 6.90. The topological polar surface area (TPSA) is 67.7 Å². The average Bonchev–Trinajstić information content (AvgIpc) is 2.99. The van der Waals surface area contributed by atoms with Crippen LogP contribution in [0, 0.1) is 0 Å². The van der Waals surface area contributed by atoms with Crippen molar-refractivity contribution in [2.75, 3.05) is 24.5 Å². The third-order valence-corrected chi connectivity index (χ3v) is 3.69. The Labute approximate surface area is 134 Å². The van der Waals surface area contributed by atoms with Gasteiger partial charge in [0.1, 0.15) is 13.2 Å². The Morgan fingerprint density at radius 3 is 2.70 bits per heavy atom. The minimum atomic E-state index is -0.465. The summed E-state index contributed by atoms with van der Waals surface area (Å²) in [6, 6.07) is 9.46. The number of aromatic nitrogens is 2. The van der Waals surface area contributed by atoms with Crippen molar-refractivity contribution in [3.05, 3.63) is 48.3 Å². The molecule has 7 nitrogen and oxygen atoms in total. The molecule has 0 bridgehead atoms. The van der Waals surface area contributed by atoms with E-state index in [0.717, 1.165) is 11.3 Å². The zero-order valence-corrected chi connectivity index (χ0v) is 12.9. The SMILES string of the molecule is Cn1cc(N2CCN(C(=O)OCc3ccccc3)CC2=O)cn1. The maximum atomic E-state index is 12.2. The zero-order valence-electron chi connectivity index (χ0n) is 12.9. The molecule has 0 atom stereocenters. The number of nitrogens with zero attached hydrogens (tertiary/aromatic N) is 4. The second-order valence-corrected chi connectivity index (χ2v) is 5.38. The Morgan fingerprint density at radius 2 is 2.04 bits per heavy atom. The lowest BCUT2D eigenvalue weighted by Gasteiger charge is -2.32. The molecule has 1 saturated heterocycles. The van der Waals surface area contributed by atoms with Crippen molar-refractivity contribution in [1.29, 1.82) is 0 Å². The molecule has 1 aliphatic heterocycles. The van der Waals surface area contributed by atoms with Crippen LogP contribution < -0.4 is 4.90 Å². The highest BCUT2D eigenvalue weighted by molar-refractivity contribution is 5.97. The average molecular weight is 314 g/mol. The van der Waals surface area contributed by atoms with Gasteiger partial charge in [0.2, 0.25) is 5.91 Å². The smallest absolute Gasteiger partial charge is 0.410 e. The van der Waals surface area contributed by atoms with E-state index in [1.807, 2.05) is 30.3 Å². The van der Waals surface area contributed by atoms with Crippen molar-refractivity contribution < 1.29 is 14.3 Å². The number of hydrogen-bond donors (Lipinski definition) is 0. The molecule has 1 fully saturated rings. The van der Waals surface area contributed by atoms with Crippen LogP contribution in [0.25, 0.3) is 0 Å². The molecule has 7 heteroatoms. The first-order valence-electron chi connectivity index (χ1n) is 7.38. The van der Waals surface area contributed by atoms with Gasteiger partial charge < -0.3 is 9.64 Å². The minimum Gasteiger partial charge on any atom is -0.445 e. The predicted octanol–water partition coefficient (Wildman–Crippen LogP) is 1.41. The second kappa shape index (κ2) is 6.51. The quantitative estimate of drug-likeness (QED) is 0.859. The van der Waals surface area contributed by atoms with Crippen molar-refractivity contribution in [1.82, 2.24) is 14.7 Å². The fourth-order valence-electron chi connectivity index (χ4n) is 2.46. The van der Waals surface area contributed by atoms with Gasteiger partial charge in [0.05, 0.1) is 11.9 Å². The second-order valence-electron chi connectivity index (χ2n) is 5.38. The van der Waals surface area contributed by atoms with Crippen molar-refractivity contribution >= 4 is 17.7 Å². The highest BCUT2D eigenvalue weighted by Crippen LogP contribution is 2.16. The van der Waals surface area contributed by atoms with Crippen LogP contribution in [0.5, 0.6) is 0 Å². The Kier molecular flexibility index (Phi) is 4.27. The number of rotatable bonds is 3. The molecule has 1 aromatic carbocycles. The van der Waals surface area contributed by atoms with Gasteiger partial charge >= 0.3 is 6.09 Å². The predicted molar refractivity (Wildman–Crippen MR) is 83.8 cm³/mol. The first kappa shape index (κ1) is 15.1. The summed E-state index contributed by atoms with van der Waals surface area (Å²) in [5.41, 5.74) is 1.66. The van der Waals surface area contributed by atoms with Crippen molar-refractivity contribution in [3.8, 4) is 0 Å².